The van der Waals surface area contributed by atoms with Crippen LogP contribution in [0.25, 0.3) is 0 Å². The number of pyridine rings is 1. The lowest BCUT2D eigenvalue weighted by atomic mass is 9.80. The third kappa shape index (κ3) is 4.00. The van der Waals surface area contributed by atoms with E-state index in [0.717, 1.165) is 50.6 Å². The van der Waals surface area contributed by atoms with E-state index in [-0.39, 0.29) is 18.3 Å². The Bertz CT molecular complexity index is 555. The number of hydrogen-bond donors (Lipinski definition) is 0. The SMILES string of the molecule is COCCN1CCN(c2ccc(B3OC(C)(C)C(C)(C)O3)cn2)CC1. The minimum atomic E-state index is -0.350. The molecule has 2 saturated heterocycles. The van der Waals surface area contributed by atoms with Crippen molar-refractivity contribution in [2.75, 3.05) is 51.3 Å². The summed E-state index contributed by atoms with van der Waals surface area (Å²) in [6.07, 6.45) is 1.88. The quantitative estimate of drug-likeness (QED) is 0.745. The van der Waals surface area contributed by atoms with E-state index in [1.54, 1.807) is 7.11 Å². The van der Waals surface area contributed by atoms with Crippen molar-refractivity contribution < 1.29 is 14.0 Å². The number of ether oxygens (including phenoxy) is 1. The first-order valence-electron chi connectivity index (χ1n) is 9.10. The molecule has 2 aliphatic rings. The van der Waals surface area contributed by atoms with Crippen LogP contribution in [-0.2, 0) is 14.0 Å². The van der Waals surface area contributed by atoms with E-state index >= 15 is 0 Å². The van der Waals surface area contributed by atoms with Crippen LogP contribution in [-0.4, -0.2) is 74.6 Å². The molecule has 0 saturated carbocycles. The molecule has 1 aromatic heterocycles. The zero-order chi connectivity index (χ0) is 18.1. The lowest BCUT2D eigenvalue weighted by Crippen LogP contribution is -2.47. The van der Waals surface area contributed by atoms with Gasteiger partial charge in [-0.15, -0.1) is 0 Å². The maximum Gasteiger partial charge on any atom is 0.496 e. The highest BCUT2D eigenvalue weighted by molar-refractivity contribution is 6.62. The van der Waals surface area contributed by atoms with Gasteiger partial charge in [-0.05, 0) is 33.8 Å². The first-order chi connectivity index (χ1) is 11.8. The summed E-state index contributed by atoms with van der Waals surface area (Å²) in [5.74, 6) is 1.02. The molecule has 2 aliphatic heterocycles. The Labute approximate surface area is 151 Å². The number of rotatable bonds is 5. The first-order valence-corrected chi connectivity index (χ1v) is 9.10. The molecule has 1 aromatic rings. The Morgan fingerprint density at radius 1 is 1.08 bits per heavy atom. The van der Waals surface area contributed by atoms with Crippen LogP contribution >= 0.6 is 0 Å². The predicted molar refractivity (Wildman–Crippen MR) is 100 cm³/mol. The van der Waals surface area contributed by atoms with Crippen LogP contribution < -0.4 is 10.4 Å². The summed E-state index contributed by atoms with van der Waals surface area (Å²) >= 11 is 0. The maximum absolute atomic E-state index is 6.09. The highest BCUT2D eigenvalue weighted by atomic mass is 16.7. The summed E-state index contributed by atoms with van der Waals surface area (Å²) < 4.78 is 17.3. The molecule has 0 N–H and O–H groups in total. The highest BCUT2D eigenvalue weighted by Gasteiger charge is 2.51. The molecule has 0 spiro atoms. The fraction of sp³-hybridized carbons (Fsp3) is 0.722. The molecule has 0 unspecified atom stereocenters. The summed E-state index contributed by atoms with van der Waals surface area (Å²) in [6, 6.07) is 4.15. The van der Waals surface area contributed by atoms with Gasteiger partial charge in [0.2, 0.25) is 0 Å². The van der Waals surface area contributed by atoms with Crippen molar-refractivity contribution in [3.63, 3.8) is 0 Å². The van der Waals surface area contributed by atoms with Gasteiger partial charge in [0.1, 0.15) is 5.82 Å². The largest absolute Gasteiger partial charge is 0.496 e. The number of aromatic nitrogens is 1. The van der Waals surface area contributed by atoms with E-state index in [2.05, 4.69) is 54.6 Å². The van der Waals surface area contributed by atoms with Gasteiger partial charge in [-0.2, -0.15) is 0 Å². The first kappa shape index (κ1) is 18.6. The summed E-state index contributed by atoms with van der Waals surface area (Å²) in [4.78, 5) is 9.41. The molecule has 138 valence electrons. The third-order valence-corrected chi connectivity index (χ3v) is 5.60. The van der Waals surface area contributed by atoms with Crippen LogP contribution in [0.5, 0.6) is 0 Å². The van der Waals surface area contributed by atoms with Crippen LogP contribution in [0, 0.1) is 0 Å². The normalized spacial score (nSPS) is 23.2. The molecule has 0 radical (unpaired) electrons. The van der Waals surface area contributed by atoms with Gasteiger partial charge < -0.3 is 18.9 Å². The van der Waals surface area contributed by atoms with Gasteiger partial charge in [0, 0.05) is 51.5 Å². The van der Waals surface area contributed by atoms with Crippen molar-refractivity contribution in [1.82, 2.24) is 9.88 Å². The zero-order valence-corrected chi connectivity index (χ0v) is 16.1. The number of anilines is 1. The molecule has 0 aromatic carbocycles. The minimum Gasteiger partial charge on any atom is -0.399 e. The monoisotopic (exact) mass is 347 g/mol. The summed E-state index contributed by atoms with van der Waals surface area (Å²) in [5, 5.41) is 0. The molecule has 3 rings (SSSR count). The average molecular weight is 347 g/mol. The van der Waals surface area contributed by atoms with E-state index in [4.69, 9.17) is 14.0 Å². The number of nitrogens with zero attached hydrogens (tertiary/aromatic N) is 3. The van der Waals surface area contributed by atoms with Crippen LogP contribution in [0.1, 0.15) is 27.7 Å². The molecule has 3 heterocycles. The van der Waals surface area contributed by atoms with E-state index in [0.29, 0.717) is 0 Å². The van der Waals surface area contributed by atoms with Gasteiger partial charge in [-0.3, -0.25) is 4.90 Å². The third-order valence-electron chi connectivity index (χ3n) is 5.60. The standard InChI is InChI=1S/C18H30BN3O3/c1-17(2)18(3,4)25-19(24-17)15-6-7-16(20-14-15)22-10-8-21(9-11-22)12-13-23-5/h6-7,14H,8-13H2,1-5H3. The number of methoxy groups -OCH3 is 1. The van der Waals surface area contributed by atoms with Gasteiger partial charge in [0.15, 0.2) is 0 Å². The lowest BCUT2D eigenvalue weighted by Gasteiger charge is -2.35. The topological polar surface area (TPSA) is 47.1 Å². The second kappa shape index (κ2) is 7.23. The number of piperazine rings is 1. The average Bonchev–Trinajstić information content (AvgIpc) is 2.81. The Morgan fingerprint density at radius 2 is 1.72 bits per heavy atom. The summed E-state index contributed by atoms with van der Waals surface area (Å²) in [7, 11) is 1.40. The van der Waals surface area contributed by atoms with Crippen LogP contribution in [0.2, 0.25) is 0 Å². The molecule has 0 aliphatic carbocycles. The van der Waals surface area contributed by atoms with E-state index < -0.39 is 0 Å². The summed E-state index contributed by atoms with van der Waals surface area (Å²) in [5.41, 5.74) is 0.324. The fourth-order valence-electron chi connectivity index (χ4n) is 3.12. The van der Waals surface area contributed by atoms with Crippen molar-refractivity contribution >= 4 is 18.4 Å². The molecule has 0 bridgehead atoms. The van der Waals surface area contributed by atoms with E-state index in [1.165, 1.54) is 0 Å². The Kier molecular flexibility index (Phi) is 5.39. The van der Waals surface area contributed by atoms with Crippen molar-refractivity contribution in [3.8, 4) is 0 Å². The maximum atomic E-state index is 6.09. The Balaban J connectivity index is 1.59. The fourth-order valence-corrected chi connectivity index (χ4v) is 3.12. The van der Waals surface area contributed by atoms with Crippen molar-refractivity contribution in [3.05, 3.63) is 18.3 Å². The van der Waals surface area contributed by atoms with Crippen LogP contribution in [0.15, 0.2) is 18.3 Å². The lowest BCUT2D eigenvalue weighted by molar-refractivity contribution is 0.00578. The number of hydrogen-bond acceptors (Lipinski definition) is 6. The molecular formula is C18H30BN3O3. The Hall–Kier alpha value is -1.15. The van der Waals surface area contributed by atoms with Gasteiger partial charge in [-0.25, -0.2) is 4.98 Å². The molecule has 25 heavy (non-hydrogen) atoms. The molecular weight excluding hydrogens is 317 g/mol. The highest BCUT2D eigenvalue weighted by Crippen LogP contribution is 2.36. The predicted octanol–water partition coefficient (Wildman–Crippen LogP) is 1.15. The van der Waals surface area contributed by atoms with Gasteiger partial charge in [-0.1, -0.05) is 6.07 Å². The van der Waals surface area contributed by atoms with Crippen molar-refractivity contribution in [2.24, 2.45) is 0 Å². The molecule has 7 heteroatoms. The van der Waals surface area contributed by atoms with Gasteiger partial charge >= 0.3 is 7.12 Å². The molecule has 2 fully saturated rings. The second-order valence-electron chi connectivity index (χ2n) is 7.86. The van der Waals surface area contributed by atoms with E-state index in [9.17, 15) is 0 Å². The smallest absolute Gasteiger partial charge is 0.399 e. The zero-order valence-electron chi connectivity index (χ0n) is 16.1. The second-order valence-corrected chi connectivity index (χ2v) is 7.86. The molecule has 0 amide bonds. The minimum absolute atomic E-state index is 0.325. The molecule has 6 nitrogen and oxygen atoms in total. The van der Waals surface area contributed by atoms with Crippen molar-refractivity contribution in [1.29, 1.82) is 0 Å². The van der Waals surface area contributed by atoms with E-state index in [1.807, 2.05) is 6.20 Å². The van der Waals surface area contributed by atoms with Gasteiger partial charge in [0.25, 0.3) is 0 Å². The van der Waals surface area contributed by atoms with Crippen molar-refractivity contribution in [2.45, 2.75) is 38.9 Å². The Morgan fingerprint density at radius 3 is 2.24 bits per heavy atom. The molecule has 0 atom stereocenters. The van der Waals surface area contributed by atoms with Crippen LogP contribution in [0.3, 0.4) is 0 Å². The van der Waals surface area contributed by atoms with Crippen LogP contribution in [0.4, 0.5) is 5.82 Å². The van der Waals surface area contributed by atoms with Gasteiger partial charge in [0.05, 0.1) is 17.8 Å². The summed E-state index contributed by atoms with van der Waals surface area (Å²) in [6.45, 7) is 14.1.